The van der Waals surface area contributed by atoms with E-state index in [9.17, 15) is 0 Å². The molecular weight excluding hydrogens is 346 g/mol. The summed E-state index contributed by atoms with van der Waals surface area (Å²) in [5, 5.41) is 13.1. The van der Waals surface area contributed by atoms with Crippen molar-refractivity contribution in [1.82, 2.24) is 30.3 Å². The van der Waals surface area contributed by atoms with E-state index in [1.165, 1.54) is 30.8 Å². The summed E-state index contributed by atoms with van der Waals surface area (Å²) >= 11 is 1.85. The van der Waals surface area contributed by atoms with E-state index >= 15 is 0 Å². The number of piperidine rings is 1. The van der Waals surface area contributed by atoms with Crippen LogP contribution in [0.15, 0.2) is 28.8 Å². The number of rotatable bonds is 7. The van der Waals surface area contributed by atoms with Gasteiger partial charge in [-0.05, 0) is 50.2 Å². The van der Waals surface area contributed by atoms with Gasteiger partial charge < -0.3 is 10.6 Å². The summed E-state index contributed by atoms with van der Waals surface area (Å²) in [6.45, 7) is 7.89. The molecule has 0 radical (unpaired) electrons. The van der Waals surface area contributed by atoms with Crippen LogP contribution in [0.1, 0.15) is 30.5 Å². The van der Waals surface area contributed by atoms with Crippen LogP contribution >= 0.6 is 11.3 Å². The van der Waals surface area contributed by atoms with Crippen LogP contribution in [0.2, 0.25) is 0 Å². The zero-order valence-corrected chi connectivity index (χ0v) is 16.5. The Labute approximate surface area is 159 Å². The maximum absolute atomic E-state index is 4.63. The molecule has 0 atom stereocenters. The van der Waals surface area contributed by atoms with E-state index in [0.29, 0.717) is 12.5 Å². The molecule has 0 aromatic carbocycles. The number of guanidine groups is 1. The molecule has 0 spiro atoms. The van der Waals surface area contributed by atoms with Gasteiger partial charge in [0.2, 0.25) is 0 Å². The molecule has 1 fully saturated rings. The Kier molecular flexibility index (Phi) is 7.02. The minimum atomic E-state index is 0.533. The molecule has 142 valence electrons. The molecule has 2 aromatic rings. The molecule has 0 bridgehead atoms. The highest BCUT2D eigenvalue weighted by atomic mass is 32.1. The fourth-order valence-corrected chi connectivity index (χ4v) is 3.91. The topological polar surface area (TPSA) is 70.4 Å². The smallest absolute Gasteiger partial charge is 0.191 e. The van der Waals surface area contributed by atoms with E-state index in [2.05, 4.69) is 55.0 Å². The molecule has 3 heterocycles. The lowest BCUT2D eigenvalue weighted by atomic mass is 9.97. The summed E-state index contributed by atoms with van der Waals surface area (Å²) < 4.78 is 1.76. The Morgan fingerprint density at radius 2 is 2.19 bits per heavy atom. The normalized spacial score (nSPS) is 16.8. The standard InChI is InChI=1S/C18H29N7S/c1-3-19-18(21-12-17-22-14-23-24(17)2)20-11-15-6-8-25(9-7-15)13-16-5-4-10-26-16/h4-5,10,14-15H,3,6-9,11-13H2,1-2H3,(H2,19,20,21). The molecule has 7 nitrogen and oxygen atoms in total. The summed E-state index contributed by atoms with van der Waals surface area (Å²) in [4.78, 5) is 12.9. The molecule has 0 aliphatic carbocycles. The maximum Gasteiger partial charge on any atom is 0.191 e. The highest BCUT2D eigenvalue weighted by Gasteiger charge is 2.19. The van der Waals surface area contributed by atoms with E-state index in [1.807, 2.05) is 18.4 Å². The summed E-state index contributed by atoms with van der Waals surface area (Å²) in [6.07, 6.45) is 4.04. The van der Waals surface area contributed by atoms with Crippen molar-refractivity contribution in [3.63, 3.8) is 0 Å². The summed E-state index contributed by atoms with van der Waals surface area (Å²) in [5.74, 6) is 2.42. The fraction of sp³-hybridized carbons (Fsp3) is 0.611. The van der Waals surface area contributed by atoms with Crippen molar-refractivity contribution >= 4 is 17.3 Å². The first-order chi connectivity index (χ1) is 12.7. The van der Waals surface area contributed by atoms with Crippen molar-refractivity contribution in [3.8, 4) is 0 Å². The van der Waals surface area contributed by atoms with E-state index in [-0.39, 0.29) is 0 Å². The Morgan fingerprint density at radius 3 is 2.85 bits per heavy atom. The van der Waals surface area contributed by atoms with Crippen LogP contribution in [0.3, 0.4) is 0 Å². The minimum Gasteiger partial charge on any atom is -0.357 e. The van der Waals surface area contributed by atoms with Crippen LogP contribution in [-0.2, 0) is 20.1 Å². The van der Waals surface area contributed by atoms with E-state index < -0.39 is 0 Å². The molecule has 2 aromatic heterocycles. The monoisotopic (exact) mass is 375 g/mol. The van der Waals surface area contributed by atoms with E-state index in [0.717, 1.165) is 31.4 Å². The number of aryl methyl sites for hydroxylation is 1. The summed E-state index contributed by atoms with van der Waals surface area (Å²) in [5.41, 5.74) is 0. The van der Waals surface area contributed by atoms with Crippen LogP contribution in [-0.4, -0.2) is 51.8 Å². The number of hydrogen-bond donors (Lipinski definition) is 2. The second-order valence-electron chi connectivity index (χ2n) is 6.67. The largest absolute Gasteiger partial charge is 0.357 e. The highest BCUT2D eigenvalue weighted by Crippen LogP contribution is 2.20. The van der Waals surface area contributed by atoms with Gasteiger partial charge in [-0.15, -0.1) is 11.3 Å². The third kappa shape index (κ3) is 5.54. The second-order valence-corrected chi connectivity index (χ2v) is 7.71. The lowest BCUT2D eigenvalue weighted by Gasteiger charge is -2.32. The number of thiophene rings is 1. The predicted octanol–water partition coefficient (Wildman–Crippen LogP) is 1.84. The lowest BCUT2D eigenvalue weighted by Crippen LogP contribution is -2.42. The van der Waals surface area contributed by atoms with Crippen LogP contribution in [0, 0.1) is 5.92 Å². The number of nitrogens with zero attached hydrogens (tertiary/aromatic N) is 5. The number of aliphatic imine (C=N–C) groups is 1. The molecular formula is C18H29N7S. The number of nitrogens with one attached hydrogen (secondary N) is 2. The predicted molar refractivity (Wildman–Crippen MR) is 106 cm³/mol. The van der Waals surface area contributed by atoms with Gasteiger partial charge in [0, 0.05) is 31.6 Å². The van der Waals surface area contributed by atoms with Crippen molar-refractivity contribution < 1.29 is 0 Å². The van der Waals surface area contributed by atoms with Crippen LogP contribution in [0.25, 0.3) is 0 Å². The highest BCUT2D eigenvalue weighted by molar-refractivity contribution is 7.09. The maximum atomic E-state index is 4.63. The van der Waals surface area contributed by atoms with Gasteiger partial charge in [0.1, 0.15) is 18.7 Å². The molecule has 1 aliphatic heterocycles. The SMILES string of the molecule is CCNC(=NCc1ncnn1C)NCC1CCN(Cc2cccs2)CC1. The molecule has 0 amide bonds. The van der Waals surface area contributed by atoms with Gasteiger partial charge in [0.15, 0.2) is 5.96 Å². The molecule has 1 aliphatic rings. The molecule has 26 heavy (non-hydrogen) atoms. The van der Waals surface area contributed by atoms with Gasteiger partial charge in [0.25, 0.3) is 0 Å². The summed E-state index contributed by atoms with van der Waals surface area (Å²) in [6, 6.07) is 4.37. The van der Waals surface area contributed by atoms with Gasteiger partial charge in [-0.25, -0.2) is 9.98 Å². The Morgan fingerprint density at radius 1 is 1.35 bits per heavy atom. The van der Waals surface area contributed by atoms with Crippen LogP contribution < -0.4 is 10.6 Å². The van der Waals surface area contributed by atoms with Gasteiger partial charge >= 0.3 is 0 Å². The number of hydrogen-bond acceptors (Lipinski definition) is 5. The van der Waals surface area contributed by atoms with E-state index in [4.69, 9.17) is 0 Å². The average molecular weight is 376 g/mol. The minimum absolute atomic E-state index is 0.533. The van der Waals surface area contributed by atoms with Crippen molar-refractivity contribution in [1.29, 1.82) is 0 Å². The Hall–Kier alpha value is -1.93. The molecule has 2 N–H and O–H groups in total. The third-order valence-electron chi connectivity index (χ3n) is 4.75. The van der Waals surface area contributed by atoms with Crippen molar-refractivity contribution in [3.05, 3.63) is 34.5 Å². The quantitative estimate of drug-likeness (QED) is 0.571. The molecule has 3 rings (SSSR count). The third-order valence-corrected chi connectivity index (χ3v) is 5.61. The van der Waals surface area contributed by atoms with Crippen molar-refractivity contribution in [2.45, 2.75) is 32.9 Å². The number of likely N-dealkylation sites (tertiary alicyclic amines) is 1. The van der Waals surface area contributed by atoms with Crippen LogP contribution in [0.5, 0.6) is 0 Å². The lowest BCUT2D eigenvalue weighted by molar-refractivity contribution is 0.179. The van der Waals surface area contributed by atoms with E-state index in [1.54, 1.807) is 11.0 Å². The number of aromatic nitrogens is 3. The van der Waals surface area contributed by atoms with Crippen LogP contribution in [0.4, 0.5) is 0 Å². The van der Waals surface area contributed by atoms with Gasteiger partial charge in [-0.2, -0.15) is 5.10 Å². The van der Waals surface area contributed by atoms with Gasteiger partial charge in [-0.3, -0.25) is 9.58 Å². The zero-order chi connectivity index (χ0) is 18.2. The fourth-order valence-electron chi connectivity index (χ4n) is 3.17. The second kappa shape index (κ2) is 9.68. The van der Waals surface area contributed by atoms with Gasteiger partial charge in [-0.1, -0.05) is 6.07 Å². The first-order valence-electron chi connectivity index (χ1n) is 9.34. The first kappa shape index (κ1) is 18.8. The van der Waals surface area contributed by atoms with Crippen molar-refractivity contribution in [2.75, 3.05) is 26.2 Å². The molecule has 0 unspecified atom stereocenters. The zero-order valence-electron chi connectivity index (χ0n) is 15.7. The Bertz CT molecular complexity index is 672. The average Bonchev–Trinajstić information content (AvgIpc) is 3.30. The molecule has 0 saturated carbocycles. The van der Waals surface area contributed by atoms with Gasteiger partial charge in [0.05, 0.1) is 0 Å². The molecule has 8 heteroatoms. The first-order valence-corrected chi connectivity index (χ1v) is 10.2. The van der Waals surface area contributed by atoms with Crippen molar-refractivity contribution in [2.24, 2.45) is 18.0 Å². The molecule has 1 saturated heterocycles. The Balaban J connectivity index is 1.42. The summed E-state index contributed by atoms with van der Waals surface area (Å²) in [7, 11) is 1.89.